The van der Waals surface area contributed by atoms with Gasteiger partial charge in [-0.05, 0) is 55.5 Å². The number of Topliss-reactive ketones (excluding diaryl/α,β-unsaturated/α-hetero) is 1. The summed E-state index contributed by atoms with van der Waals surface area (Å²) in [6, 6.07) is 7.98. The van der Waals surface area contributed by atoms with Crippen molar-refractivity contribution >= 4 is 17.6 Å². The number of carbonyl (C=O) groups is 3. The van der Waals surface area contributed by atoms with Gasteiger partial charge in [-0.2, -0.15) is 0 Å². The number of benzene rings is 2. The fraction of sp³-hybridized carbons (Fsp3) is 0.400. The van der Waals surface area contributed by atoms with Gasteiger partial charge < -0.3 is 41.5 Å². The molecular formula is C25H33N3O8. The summed E-state index contributed by atoms with van der Waals surface area (Å²) in [7, 11) is 0. The van der Waals surface area contributed by atoms with Crippen molar-refractivity contribution in [3.63, 3.8) is 0 Å². The van der Waals surface area contributed by atoms with E-state index in [4.69, 9.17) is 15.6 Å². The Labute approximate surface area is 208 Å². The number of aliphatic hydroxyl groups is 1. The van der Waals surface area contributed by atoms with E-state index >= 15 is 0 Å². The largest absolute Gasteiger partial charge is 0.508 e. The number of nitrogens with one attached hydrogen (secondary N) is 2. The maximum atomic E-state index is 12.2. The van der Waals surface area contributed by atoms with Crippen LogP contribution in [0.15, 0.2) is 36.4 Å². The second-order valence-electron chi connectivity index (χ2n) is 8.22. The molecule has 8 N–H and O–H groups in total. The van der Waals surface area contributed by atoms with Crippen LogP contribution in [0.1, 0.15) is 41.6 Å². The van der Waals surface area contributed by atoms with Crippen LogP contribution in [0.2, 0.25) is 0 Å². The third-order valence-electron chi connectivity index (χ3n) is 5.22. The minimum absolute atomic E-state index is 0.0429. The van der Waals surface area contributed by atoms with Crippen LogP contribution in [0.4, 0.5) is 0 Å². The Morgan fingerprint density at radius 2 is 1.61 bits per heavy atom. The molecule has 2 rings (SSSR count). The average molecular weight is 504 g/mol. The molecule has 0 aromatic heterocycles. The molecule has 0 radical (unpaired) electrons. The minimum Gasteiger partial charge on any atom is -0.508 e. The lowest BCUT2D eigenvalue weighted by molar-refractivity contribution is -0.122. The zero-order valence-electron chi connectivity index (χ0n) is 19.9. The van der Waals surface area contributed by atoms with E-state index < -0.39 is 23.4 Å². The molecule has 2 aromatic carbocycles. The zero-order valence-corrected chi connectivity index (χ0v) is 19.9. The number of ketones is 1. The summed E-state index contributed by atoms with van der Waals surface area (Å²) in [6.07, 6.45) is 1.84. The highest BCUT2D eigenvalue weighted by Gasteiger charge is 2.17. The van der Waals surface area contributed by atoms with Crippen molar-refractivity contribution in [2.24, 2.45) is 5.73 Å². The molecule has 11 heteroatoms. The zero-order chi connectivity index (χ0) is 26.5. The molecule has 11 nitrogen and oxygen atoms in total. The Hall–Kier alpha value is -3.83. The molecule has 0 aliphatic carbocycles. The van der Waals surface area contributed by atoms with E-state index in [2.05, 4.69) is 10.6 Å². The highest BCUT2D eigenvalue weighted by molar-refractivity contribution is 5.97. The normalized spacial score (nSPS) is 11.5. The second kappa shape index (κ2) is 14.5. The molecule has 196 valence electrons. The predicted octanol–water partition coefficient (Wildman–Crippen LogP) is 0.720. The topological polar surface area (TPSA) is 191 Å². The van der Waals surface area contributed by atoms with Crippen molar-refractivity contribution < 1.29 is 39.5 Å². The van der Waals surface area contributed by atoms with Crippen LogP contribution >= 0.6 is 0 Å². The number of phenols is 3. The van der Waals surface area contributed by atoms with E-state index in [1.165, 1.54) is 12.1 Å². The van der Waals surface area contributed by atoms with Crippen LogP contribution in [0.5, 0.6) is 23.0 Å². The van der Waals surface area contributed by atoms with Gasteiger partial charge in [-0.3, -0.25) is 14.4 Å². The average Bonchev–Trinajstić information content (AvgIpc) is 2.85. The fourth-order valence-electron chi connectivity index (χ4n) is 3.25. The van der Waals surface area contributed by atoms with Crippen molar-refractivity contribution in [2.75, 3.05) is 26.3 Å². The van der Waals surface area contributed by atoms with Crippen molar-refractivity contribution in [3.8, 4) is 23.0 Å². The Bertz CT molecular complexity index is 1000. The van der Waals surface area contributed by atoms with Crippen molar-refractivity contribution in [1.29, 1.82) is 0 Å². The molecule has 0 bridgehead atoms. The van der Waals surface area contributed by atoms with Crippen molar-refractivity contribution in [1.82, 2.24) is 10.6 Å². The summed E-state index contributed by atoms with van der Waals surface area (Å²) in [5, 5.41) is 43.4. The van der Waals surface area contributed by atoms with E-state index in [9.17, 15) is 29.7 Å². The molecule has 1 unspecified atom stereocenters. The monoisotopic (exact) mass is 503 g/mol. The number of phenolic OH excluding ortho intramolecular Hbond substituents is 3. The van der Waals surface area contributed by atoms with Gasteiger partial charge in [-0.25, -0.2) is 0 Å². The lowest BCUT2D eigenvalue weighted by Gasteiger charge is -2.13. The Kier molecular flexibility index (Phi) is 11.5. The smallest absolute Gasteiger partial charge is 0.251 e. The molecule has 1 atom stereocenters. The first-order chi connectivity index (χ1) is 17.2. The Morgan fingerprint density at radius 1 is 0.944 bits per heavy atom. The van der Waals surface area contributed by atoms with Crippen LogP contribution < -0.4 is 21.1 Å². The lowest BCUT2D eigenvalue weighted by atomic mass is 10.1. The summed E-state index contributed by atoms with van der Waals surface area (Å²) >= 11 is 0. The molecule has 0 fully saturated rings. The van der Waals surface area contributed by atoms with Gasteiger partial charge in [-0.1, -0.05) is 12.1 Å². The van der Waals surface area contributed by atoms with E-state index in [0.717, 1.165) is 17.7 Å². The van der Waals surface area contributed by atoms with Crippen LogP contribution in [-0.4, -0.2) is 70.4 Å². The number of hydrogen-bond acceptors (Lipinski definition) is 9. The number of nitrogens with two attached hydrogens (primary N) is 1. The van der Waals surface area contributed by atoms with Gasteiger partial charge in [0, 0.05) is 25.1 Å². The molecule has 0 heterocycles. The van der Waals surface area contributed by atoms with Gasteiger partial charge in [0.25, 0.3) is 5.91 Å². The van der Waals surface area contributed by atoms with E-state index in [0.29, 0.717) is 32.2 Å². The molecule has 0 saturated heterocycles. The highest BCUT2D eigenvalue weighted by Crippen LogP contribution is 2.37. The number of unbranched alkanes of at least 4 members (excludes halogenated alkanes) is 1. The summed E-state index contributed by atoms with van der Waals surface area (Å²) in [5.41, 5.74) is 6.70. The molecule has 0 aliphatic heterocycles. The van der Waals surface area contributed by atoms with Gasteiger partial charge in [0.05, 0.1) is 19.2 Å². The van der Waals surface area contributed by atoms with Crippen molar-refractivity contribution in [3.05, 3.63) is 47.5 Å². The summed E-state index contributed by atoms with van der Waals surface area (Å²) < 4.78 is 5.42. The second-order valence-corrected chi connectivity index (χ2v) is 8.22. The number of aliphatic hydroxyl groups excluding tert-OH is 1. The molecule has 0 saturated carbocycles. The van der Waals surface area contributed by atoms with Gasteiger partial charge in [0.15, 0.2) is 17.3 Å². The molecule has 2 aromatic rings. The fourth-order valence-corrected chi connectivity index (χ4v) is 3.25. The van der Waals surface area contributed by atoms with Crippen LogP contribution in [-0.2, 0) is 16.0 Å². The SMILES string of the molecule is NC(Cc1ccc(O)cc1)C(=O)NCCCCOc1c(O)cc(C(=O)NCC(=O)CCCO)cc1O. The van der Waals surface area contributed by atoms with Gasteiger partial charge in [0.1, 0.15) is 5.75 Å². The summed E-state index contributed by atoms with van der Waals surface area (Å²) in [5.74, 6) is -2.10. The Morgan fingerprint density at radius 3 is 2.25 bits per heavy atom. The van der Waals surface area contributed by atoms with E-state index in [1.54, 1.807) is 12.1 Å². The standard InChI is InChI=1S/C25H33N3O8/c26-20(12-16-5-7-18(30)8-6-16)25(35)27-9-1-2-11-36-23-21(32)13-17(14-22(23)33)24(34)28-15-19(31)4-3-10-29/h5-8,13-14,20,29-30,32-33H,1-4,9-12,15,26H2,(H,27,35)(H,28,34). The highest BCUT2D eigenvalue weighted by atomic mass is 16.5. The lowest BCUT2D eigenvalue weighted by Crippen LogP contribution is -2.42. The number of carbonyl (C=O) groups excluding carboxylic acids is 3. The molecule has 0 aliphatic rings. The first-order valence-corrected chi connectivity index (χ1v) is 11.6. The number of rotatable bonds is 15. The number of ether oxygens (including phenoxy) is 1. The number of amides is 2. The van der Waals surface area contributed by atoms with Crippen LogP contribution in [0, 0.1) is 0 Å². The third kappa shape index (κ3) is 9.43. The van der Waals surface area contributed by atoms with E-state index in [-0.39, 0.29) is 54.9 Å². The third-order valence-corrected chi connectivity index (χ3v) is 5.22. The summed E-state index contributed by atoms with van der Waals surface area (Å²) in [4.78, 5) is 35.9. The maximum absolute atomic E-state index is 12.2. The van der Waals surface area contributed by atoms with Crippen LogP contribution in [0.25, 0.3) is 0 Å². The summed E-state index contributed by atoms with van der Waals surface area (Å²) in [6.45, 7) is 0.158. The molecule has 0 spiro atoms. The molecular weight excluding hydrogens is 470 g/mol. The number of aromatic hydroxyl groups is 3. The molecule has 2 amide bonds. The maximum Gasteiger partial charge on any atom is 0.251 e. The van der Waals surface area contributed by atoms with Crippen molar-refractivity contribution in [2.45, 2.75) is 38.1 Å². The van der Waals surface area contributed by atoms with Gasteiger partial charge >= 0.3 is 0 Å². The number of hydrogen-bond donors (Lipinski definition) is 7. The predicted molar refractivity (Wildman–Crippen MR) is 131 cm³/mol. The minimum atomic E-state index is -0.728. The van der Waals surface area contributed by atoms with Crippen LogP contribution in [0.3, 0.4) is 0 Å². The van der Waals surface area contributed by atoms with Gasteiger partial charge in [-0.15, -0.1) is 0 Å². The first kappa shape index (κ1) is 28.4. The van der Waals surface area contributed by atoms with Gasteiger partial charge in [0.2, 0.25) is 11.7 Å². The first-order valence-electron chi connectivity index (χ1n) is 11.6. The molecule has 36 heavy (non-hydrogen) atoms. The Balaban J connectivity index is 1.71. The quantitative estimate of drug-likeness (QED) is 0.172. The van der Waals surface area contributed by atoms with E-state index in [1.807, 2.05) is 0 Å².